The van der Waals surface area contributed by atoms with Crippen molar-refractivity contribution in [2.45, 2.75) is 24.4 Å². The van der Waals surface area contributed by atoms with Crippen molar-refractivity contribution in [1.82, 2.24) is 10.0 Å². The number of carbonyl (C=O) groups excluding carboxylic acids is 2. The molecule has 0 saturated carbocycles. The Morgan fingerprint density at radius 1 is 1.18 bits per heavy atom. The maximum Gasteiger partial charge on any atom is 0.348 e. The quantitative estimate of drug-likeness (QED) is 0.233. The van der Waals surface area contributed by atoms with E-state index in [1.165, 1.54) is 18.2 Å². The maximum atomic E-state index is 12.7. The van der Waals surface area contributed by atoms with Gasteiger partial charge in [-0.05, 0) is 31.2 Å². The van der Waals surface area contributed by atoms with E-state index in [2.05, 4.69) is 20.3 Å². The van der Waals surface area contributed by atoms with Crippen molar-refractivity contribution in [2.75, 3.05) is 25.0 Å². The molecule has 0 fully saturated rings. The smallest absolute Gasteiger partial charge is 0.348 e. The zero-order valence-electron chi connectivity index (χ0n) is 17.9. The highest BCUT2D eigenvalue weighted by Gasteiger charge is 2.24. The van der Waals surface area contributed by atoms with Crippen LogP contribution in [0.4, 0.5) is 5.69 Å². The second-order valence-corrected chi connectivity index (χ2v) is 8.61. The lowest BCUT2D eigenvalue weighted by Crippen LogP contribution is -2.43. The number of aliphatic imine (C=N–C) groups is 1. The van der Waals surface area contributed by atoms with Gasteiger partial charge in [-0.2, -0.15) is 4.72 Å². The van der Waals surface area contributed by atoms with Crippen molar-refractivity contribution in [3.05, 3.63) is 54.1 Å². The minimum atomic E-state index is -3.93. The van der Waals surface area contributed by atoms with E-state index < -0.39 is 34.5 Å². The summed E-state index contributed by atoms with van der Waals surface area (Å²) in [6, 6.07) is 12.3. The van der Waals surface area contributed by atoms with Gasteiger partial charge in [0.15, 0.2) is 5.96 Å². The summed E-state index contributed by atoms with van der Waals surface area (Å²) in [6.07, 6.45) is -1.85. The molecule has 33 heavy (non-hydrogen) atoms. The highest BCUT2D eigenvalue weighted by atomic mass is 32.2. The van der Waals surface area contributed by atoms with Gasteiger partial charge in [-0.15, -0.1) is 0 Å². The van der Waals surface area contributed by atoms with Crippen molar-refractivity contribution >= 4 is 33.6 Å². The summed E-state index contributed by atoms with van der Waals surface area (Å²) in [5, 5.41) is 6.02. The number of sulfonamides is 1. The lowest BCUT2D eigenvalue weighted by atomic mass is 10.1. The van der Waals surface area contributed by atoms with E-state index in [9.17, 15) is 18.0 Å². The van der Waals surface area contributed by atoms with Gasteiger partial charge in [0.05, 0.1) is 41.9 Å². The summed E-state index contributed by atoms with van der Waals surface area (Å²) in [6.45, 7) is 3.37. The summed E-state index contributed by atoms with van der Waals surface area (Å²) in [5.41, 5.74) is 6.09. The summed E-state index contributed by atoms with van der Waals surface area (Å²) in [7, 11) is -3.93. The monoisotopic (exact) mass is 475 g/mol. The second-order valence-electron chi connectivity index (χ2n) is 6.90. The number of nitrogens with two attached hydrogens (primary N) is 1. The Hall–Kier alpha value is -3.48. The highest BCUT2D eigenvalue weighted by Crippen LogP contribution is 2.29. The van der Waals surface area contributed by atoms with E-state index in [0.29, 0.717) is 37.1 Å². The fourth-order valence-electron chi connectivity index (χ4n) is 2.99. The third kappa shape index (κ3) is 6.51. The van der Waals surface area contributed by atoms with Crippen LogP contribution < -0.4 is 25.8 Å². The zero-order chi connectivity index (χ0) is 23.8. The van der Waals surface area contributed by atoms with Crippen molar-refractivity contribution in [3.8, 4) is 5.75 Å². The van der Waals surface area contributed by atoms with Crippen LogP contribution in [-0.2, 0) is 19.6 Å². The van der Waals surface area contributed by atoms with E-state index in [1.54, 1.807) is 37.3 Å². The molecule has 12 heteroatoms. The van der Waals surface area contributed by atoms with Crippen molar-refractivity contribution in [2.24, 2.45) is 10.7 Å². The number of carbonyl (C=O) groups is 2. The summed E-state index contributed by atoms with van der Waals surface area (Å²) < 4.78 is 37.3. The molecule has 1 aliphatic heterocycles. The first kappa shape index (κ1) is 24.2. The molecule has 0 aromatic heterocycles. The molecule has 0 spiro atoms. The van der Waals surface area contributed by atoms with Crippen LogP contribution in [0.1, 0.15) is 23.7 Å². The van der Waals surface area contributed by atoms with Crippen molar-refractivity contribution < 1.29 is 27.5 Å². The Morgan fingerprint density at radius 3 is 2.61 bits per heavy atom. The molecule has 1 unspecified atom stereocenters. The lowest BCUT2D eigenvalue weighted by molar-refractivity contribution is -0.138. The molecule has 0 amide bonds. The topological polar surface area (TPSA) is 161 Å². The highest BCUT2D eigenvalue weighted by molar-refractivity contribution is 7.89. The molecule has 5 N–H and O–H groups in total. The molecule has 2 aromatic rings. The number of nitrogens with zero attached hydrogens (tertiary/aromatic N) is 1. The van der Waals surface area contributed by atoms with Gasteiger partial charge in [-0.25, -0.2) is 13.2 Å². The molecular weight excluding hydrogens is 450 g/mol. The van der Waals surface area contributed by atoms with Crippen LogP contribution in [-0.4, -0.2) is 52.2 Å². The Kier molecular flexibility index (Phi) is 7.98. The van der Waals surface area contributed by atoms with Crippen LogP contribution in [0.3, 0.4) is 0 Å². The molecule has 0 bridgehead atoms. The number of anilines is 1. The number of hydrogen-bond acceptors (Lipinski definition) is 10. The normalized spacial score (nSPS) is 14.1. The third-order valence-corrected chi connectivity index (χ3v) is 5.92. The van der Waals surface area contributed by atoms with Gasteiger partial charge in [0.2, 0.25) is 10.0 Å². The van der Waals surface area contributed by atoms with Gasteiger partial charge in [0, 0.05) is 6.54 Å². The number of benzene rings is 2. The molecule has 1 aliphatic rings. The number of esters is 2. The average Bonchev–Trinajstić information content (AvgIpc) is 3.28. The average molecular weight is 476 g/mol. The number of hydrogen-bond donors (Lipinski definition) is 4. The first-order chi connectivity index (χ1) is 15.8. The standard InChI is InChI=1S/C21H25N5O6S/c1-2-31-16-10-6-9-15(19(16)25-21-23-11-12-24-21)20(28)32-18(27)13-17(22)26-33(29,30)14-7-4-3-5-8-14/h3-10,17,26H,2,11-13,22H2,1H3,(H2,23,24,25). The van der Waals surface area contributed by atoms with E-state index in [1.807, 2.05) is 0 Å². The number of para-hydroxylation sites is 1. The van der Waals surface area contributed by atoms with E-state index >= 15 is 0 Å². The van der Waals surface area contributed by atoms with Gasteiger partial charge >= 0.3 is 11.9 Å². The van der Waals surface area contributed by atoms with Gasteiger partial charge < -0.3 is 25.8 Å². The molecule has 2 aromatic carbocycles. The first-order valence-electron chi connectivity index (χ1n) is 10.2. The Morgan fingerprint density at radius 2 is 1.94 bits per heavy atom. The molecule has 176 valence electrons. The zero-order valence-corrected chi connectivity index (χ0v) is 18.7. The van der Waals surface area contributed by atoms with Crippen LogP contribution in [0.25, 0.3) is 0 Å². The van der Waals surface area contributed by atoms with Gasteiger partial charge in [0.1, 0.15) is 5.75 Å². The lowest BCUT2D eigenvalue weighted by Gasteiger charge is -2.16. The van der Waals surface area contributed by atoms with Crippen LogP contribution >= 0.6 is 0 Å². The number of nitrogens with one attached hydrogen (secondary N) is 3. The Balaban J connectivity index is 1.68. The van der Waals surface area contributed by atoms with Gasteiger partial charge in [-0.3, -0.25) is 9.79 Å². The predicted octanol–water partition coefficient (Wildman–Crippen LogP) is 0.793. The molecule has 11 nitrogen and oxygen atoms in total. The van der Waals surface area contributed by atoms with Crippen LogP contribution in [0.2, 0.25) is 0 Å². The Labute approximate surface area is 191 Å². The SMILES string of the molecule is CCOc1cccc(C(=O)OC(=O)CC(N)NS(=O)(=O)c2ccccc2)c1NC1=NCCN1. The number of ether oxygens (including phenoxy) is 2. The van der Waals surface area contributed by atoms with E-state index in [0.717, 1.165) is 0 Å². The first-order valence-corrected chi connectivity index (χ1v) is 11.7. The molecule has 0 radical (unpaired) electrons. The fraction of sp³-hybridized carbons (Fsp3) is 0.286. The second kappa shape index (κ2) is 10.9. The van der Waals surface area contributed by atoms with Gasteiger partial charge in [0.25, 0.3) is 0 Å². The summed E-state index contributed by atoms with van der Waals surface area (Å²) in [5.74, 6) is -1.10. The van der Waals surface area contributed by atoms with E-state index in [-0.39, 0.29) is 10.5 Å². The Bertz CT molecular complexity index is 1140. The number of rotatable bonds is 9. The third-order valence-electron chi connectivity index (χ3n) is 4.42. The summed E-state index contributed by atoms with van der Waals surface area (Å²) >= 11 is 0. The number of guanidine groups is 1. The minimum absolute atomic E-state index is 0.00298. The molecule has 3 rings (SSSR count). The maximum absolute atomic E-state index is 12.7. The van der Waals surface area contributed by atoms with Crippen LogP contribution in [0.5, 0.6) is 5.75 Å². The van der Waals surface area contributed by atoms with E-state index in [4.69, 9.17) is 15.2 Å². The summed E-state index contributed by atoms with van der Waals surface area (Å²) in [4.78, 5) is 29.2. The largest absolute Gasteiger partial charge is 0.492 e. The minimum Gasteiger partial charge on any atom is -0.492 e. The van der Waals surface area contributed by atoms with Crippen LogP contribution in [0.15, 0.2) is 58.4 Å². The van der Waals surface area contributed by atoms with Crippen LogP contribution in [0, 0.1) is 0 Å². The fourth-order valence-corrected chi connectivity index (χ4v) is 4.13. The van der Waals surface area contributed by atoms with Crippen molar-refractivity contribution in [1.29, 1.82) is 0 Å². The molecule has 0 aliphatic carbocycles. The van der Waals surface area contributed by atoms with Gasteiger partial charge in [-0.1, -0.05) is 24.3 Å². The predicted molar refractivity (Wildman–Crippen MR) is 121 cm³/mol. The molecule has 0 saturated heterocycles. The molecule has 1 atom stereocenters. The van der Waals surface area contributed by atoms with Crippen molar-refractivity contribution in [3.63, 3.8) is 0 Å². The molecular formula is C21H25N5O6S. The molecule has 1 heterocycles.